The fraction of sp³-hybridized carbons (Fsp3) is 0.393. The molecule has 0 saturated carbocycles. The van der Waals surface area contributed by atoms with Gasteiger partial charge in [-0.25, -0.2) is 0 Å². The quantitative estimate of drug-likeness (QED) is 0.389. The van der Waals surface area contributed by atoms with Crippen LogP contribution in [0.25, 0.3) is 23.0 Å². The molecule has 38 heavy (non-hydrogen) atoms. The van der Waals surface area contributed by atoms with E-state index < -0.39 is 0 Å². The lowest BCUT2D eigenvalue weighted by atomic mass is 9.96. The molecule has 0 spiro atoms. The number of aromatic nitrogens is 6. The van der Waals surface area contributed by atoms with Crippen LogP contribution in [0.4, 0.5) is 5.69 Å². The Morgan fingerprint density at radius 1 is 1.13 bits per heavy atom. The van der Waals surface area contributed by atoms with Crippen LogP contribution >= 0.6 is 0 Å². The largest absolute Gasteiger partial charge is 0.370 e. The first kappa shape index (κ1) is 24.3. The van der Waals surface area contributed by atoms with Gasteiger partial charge in [-0.05, 0) is 61.3 Å². The van der Waals surface area contributed by atoms with Crippen molar-refractivity contribution < 1.29 is 4.79 Å². The Morgan fingerprint density at radius 3 is 2.87 bits per heavy atom. The van der Waals surface area contributed by atoms with Crippen LogP contribution in [0.5, 0.6) is 0 Å². The van der Waals surface area contributed by atoms with E-state index >= 15 is 0 Å². The number of amides is 1. The van der Waals surface area contributed by atoms with Crippen LogP contribution in [-0.2, 0) is 11.3 Å². The number of hydrogen-bond acceptors (Lipinski definition) is 7. The number of fused-ring (bicyclic) bond motifs is 2. The van der Waals surface area contributed by atoms with E-state index in [2.05, 4.69) is 74.7 Å². The van der Waals surface area contributed by atoms with Crippen LogP contribution in [0.2, 0.25) is 0 Å². The van der Waals surface area contributed by atoms with Crippen molar-refractivity contribution in [3.63, 3.8) is 0 Å². The lowest BCUT2D eigenvalue weighted by Crippen LogP contribution is -2.35. The van der Waals surface area contributed by atoms with Gasteiger partial charge in [-0.2, -0.15) is 14.7 Å². The molecule has 1 unspecified atom stereocenters. The van der Waals surface area contributed by atoms with E-state index in [-0.39, 0.29) is 18.4 Å². The third-order valence-corrected chi connectivity index (χ3v) is 7.50. The number of likely N-dealkylation sites (N-methyl/N-ethyl adjacent to an activating group) is 1. The standard InChI is InChI=1S/C28H33N9O/c1-20(21-7-9-25-22(16-21)6-5-12-34(25)2)28-32-31-26-10-8-24(33-37(26)28)23-17-30-36(18-23)19-27(38)29-11-15-35-13-3-4-14-35/h5-10,16-18,20H,3-4,11-15,19H2,1-2H3,(H,29,38). The average molecular weight is 512 g/mol. The van der Waals surface area contributed by atoms with E-state index in [0.717, 1.165) is 48.8 Å². The minimum absolute atomic E-state index is 0.00524. The maximum atomic E-state index is 12.4. The maximum absolute atomic E-state index is 12.4. The summed E-state index contributed by atoms with van der Waals surface area (Å²) in [6, 6.07) is 10.4. The number of nitrogens with zero attached hydrogens (tertiary/aromatic N) is 8. The number of rotatable bonds is 8. The predicted molar refractivity (Wildman–Crippen MR) is 147 cm³/mol. The predicted octanol–water partition coefficient (Wildman–Crippen LogP) is 2.81. The third kappa shape index (κ3) is 4.91. The summed E-state index contributed by atoms with van der Waals surface area (Å²) in [5.74, 6) is 0.744. The molecule has 2 aliphatic rings. The van der Waals surface area contributed by atoms with Crippen molar-refractivity contribution in [3.8, 4) is 11.3 Å². The first-order valence-electron chi connectivity index (χ1n) is 13.3. The number of hydrogen-bond donors (Lipinski definition) is 1. The topological polar surface area (TPSA) is 96.5 Å². The fourth-order valence-corrected chi connectivity index (χ4v) is 5.28. The van der Waals surface area contributed by atoms with E-state index in [1.165, 1.54) is 24.1 Å². The van der Waals surface area contributed by atoms with Gasteiger partial charge in [0.15, 0.2) is 11.5 Å². The van der Waals surface area contributed by atoms with Crippen molar-refractivity contribution in [2.24, 2.45) is 0 Å². The van der Waals surface area contributed by atoms with Gasteiger partial charge in [0, 0.05) is 50.0 Å². The first-order valence-corrected chi connectivity index (χ1v) is 13.3. The van der Waals surface area contributed by atoms with Crippen LogP contribution in [0.1, 0.15) is 42.6 Å². The van der Waals surface area contributed by atoms with Gasteiger partial charge in [0.25, 0.3) is 0 Å². The van der Waals surface area contributed by atoms with Crippen molar-refractivity contribution in [2.45, 2.75) is 32.2 Å². The summed E-state index contributed by atoms with van der Waals surface area (Å²) >= 11 is 0. The molecule has 10 nitrogen and oxygen atoms in total. The van der Waals surface area contributed by atoms with E-state index in [4.69, 9.17) is 5.10 Å². The zero-order valence-electron chi connectivity index (χ0n) is 21.9. The average Bonchev–Trinajstić information content (AvgIpc) is 3.69. The summed E-state index contributed by atoms with van der Waals surface area (Å²) in [7, 11) is 2.10. The summed E-state index contributed by atoms with van der Waals surface area (Å²) in [5, 5.41) is 21.1. The number of anilines is 1. The van der Waals surface area contributed by atoms with Gasteiger partial charge in [-0.15, -0.1) is 10.2 Å². The van der Waals surface area contributed by atoms with Gasteiger partial charge < -0.3 is 15.1 Å². The fourth-order valence-electron chi connectivity index (χ4n) is 5.28. The highest BCUT2D eigenvalue weighted by Gasteiger charge is 2.20. The van der Waals surface area contributed by atoms with Gasteiger partial charge in [0.2, 0.25) is 5.91 Å². The molecular weight excluding hydrogens is 478 g/mol. The zero-order chi connectivity index (χ0) is 26.1. The highest BCUT2D eigenvalue weighted by atomic mass is 16.2. The Kier molecular flexibility index (Phi) is 6.63. The van der Waals surface area contributed by atoms with Gasteiger partial charge in [-0.1, -0.05) is 25.1 Å². The SMILES string of the molecule is CC(c1ccc2c(c1)C=CCN2C)c1nnc2ccc(-c3cnn(CC(=O)NCCN4CCCC4)c3)nn12. The van der Waals surface area contributed by atoms with E-state index in [1.807, 2.05) is 22.8 Å². The van der Waals surface area contributed by atoms with Crippen molar-refractivity contribution in [1.29, 1.82) is 0 Å². The molecule has 10 heteroatoms. The molecule has 1 amide bonds. The summed E-state index contributed by atoms with van der Waals surface area (Å²) < 4.78 is 3.46. The molecule has 5 heterocycles. The molecule has 6 rings (SSSR count). The van der Waals surface area contributed by atoms with Crippen LogP contribution in [0, 0.1) is 0 Å². The van der Waals surface area contributed by atoms with Crippen molar-refractivity contribution in [1.82, 2.24) is 39.8 Å². The second-order valence-corrected chi connectivity index (χ2v) is 10.2. The number of carbonyl (C=O) groups is 1. The van der Waals surface area contributed by atoms with Crippen molar-refractivity contribution in [3.05, 3.63) is 65.8 Å². The molecule has 0 radical (unpaired) electrons. The second kappa shape index (κ2) is 10.4. The molecule has 1 fully saturated rings. The number of benzene rings is 1. The minimum Gasteiger partial charge on any atom is -0.370 e. The van der Waals surface area contributed by atoms with Gasteiger partial charge in [-0.3, -0.25) is 9.48 Å². The Hall–Kier alpha value is -4.05. The smallest absolute Gasteiger partial charge is 0.241 e. The monoisotopic (exact) mass is 511 g/mol. The first-order chi connectivity index (χ1) is 18.5. The normalized spacial score (nSPS) is 16.2. The number of carbonyl (C=O) groups excluding carboxylic acids is 1. The summed E-state index contributed by atoms with van der Waals surface area (Å²) in [4.78, 5) is 17.0. The van der Waals surface area contributed by atoms with Gasteiger partial charge in [0.1, 0.15) is 6.54 Å². The van der Waals surface area contributed by atoms with Crippen LogP contribution < -0.4 is 10.2 Å². The molecule has 1 atom stereocenters. The second-order valence-electron chi connectivity index (χ2n) is 10.2. The molecule has 2 aliphatic heterocycles. The summed E-state index contributed by atoms with van der Waals surface area (Å²) in [6.07, 6.45) is 10.5. The Morgan fingerprint density at radius 2 is 2.00 bits per heavy atom. The molecule has 1 aromatic carbocycles. The highest BCUT2D eigenvalue weighted by molar-refractivity contribution is 5.75. The van der Waals surface area contributed by atoms with Crippen molar-refractivity contribution in [2.75, 3.05) is 44.7 Å². The Balaban J connectivity index is 1.17. The number of likely N-dealkylation sites (tertiary alicyclic amines) is 1. The molecule has 0 bridgehead atoms. The molecule has 0 aliphatic carbocycles. The molecule has 196 valence electrons. The summed E-state index contributed by atoms with van der Waals surface area (Å²) in [6.45, 7) is 7.05. The maximum Gasteiger partial charge on any atom is 0.241 e. The van der Waals surface area contributed by atoms with Gasteiger partial charge >= 0.3 is 0 Å². The van der Waals surface area contributed by atoms with Crippen LogP contribution in [0.15, 0.2) is 48.8 Å². The lowest BCUT2D eigenvalue weighted by molar-refractivity contribution is -0.121. The zero-order valence-corrected chi connectivity index (χ0v) is 21.9. The molecule has 4 aromatic rings. The van der Waals surface area contributed by atoms with E-state index in [0.29, 0.717) is 12.2 Å². The molecule has 3 aromatic heterocycles. The van der Waals surface area contributed by atoms with E-state index in [1.54, 1.807) is 10.9 Å². The van der Waals surface area contributed by atoms with Crippen molar-refractivity contribution >= 4 is 23.3 Å². The molecule has 1 N–H and O–H groups in total. The molecule has 1 saturated heterocycles. The lowest BCUT2D eigenvalue weighted by Gasteiger charge is -2.24. The summed E-state index contributed by atoms with van der Waals surface area (Å²) in [5.41, 5.74) is 5.88. The molecular formula is C28H33N9O. The van der Waals surface area contributed by atoms with Gasteiger partial charge in [0.05, 0.1) is 11.9 Å². The number of nitrogens with one attached hydrogen (secondary N) is 1. The van der Waals surface area contributed by atoms with E-state index in [9.17, 15) is 4.79 Å². The Bertz CT molecular complexity index is 1480. The van der Waals surface area contributed by atoms with Crippen LogP contribution in [0.3, 0.4) is 0 Å². The third-order valence-electron chi connectivity index (χ3n) is 7.50. The van der Waals surface area contributed by atoms with Crippen LogP contribution in [-0.4, -0.2) is 80.2 Å². The highest BCUT2D eigenvalue weighted by Crippen LogP contribution is 2.31. The Labute approximate surface area is 222 Å². The minimum atomic E-state index is -0.0386.